The van der Waals surface area contributed by atoms with Gasteiger partial charge in [0.15, 0.2) is 0 Å². The molecule has 0 bridgehead atoms. The molecule has 3 nitrogen and oxygen atoms in total. The quantitative estimate of drug-likeness (QED) is 0.800. The van der Waals surface area contributed by atoms with Crippen LogP contribution in [0.3, 0.4) is 0 Å². The Hall–Kier alpha value is -0.260. The van der Waals surface area contributed by atoms with E-state index in [1.165, 1.54) is 0 Å². The van der Waals surface area contributed by atoms with Crippen molar-refractivity contribution in [1.29, 1.82) is 0 Å². The van der Waals surface area contributed by atoms with Crippen LogP contribution in [0, 0.1) is 11.6 Å². The van der Waals surface area contributed by atoms with Crippen molar-refractivity contribution < 1.29 is 4.74 Å². The number of rotatable bonds is 1. The van der Waals surface area contributed by atoms with Gasteiger partial charge in [-0.15, -0.1) is 0 Å². The van der Waals surface area contributed by atoms with Crippen molar-refractivity contribution in [2.45, 2.75) is 25.9 Å². The Labute approximate surface area is 96.0 Å². The van der Waals surface area contributed by atoms with Gasteiger partial charge in [-0.2, -0.15) is 0 Å². The lowest BCUT2D eigenvalue weighted by Gasteiger charge is -2.10. The van der Waals surface area contributed by atoms with Crippen LogP contribution in [-0.2, 0) is 4.74 Å². The van der Waals surface area contributed by atoms with Gasteiger partial charge in [-0.25, -0.2) is 4.98 Å². The van der Waals surface area contributed by atoms with Crippen LogP contribution in [-0.4, -0.2) is 16.6 Å². The lowest BCUT2D eigenvalue weighted by atomic mass is 10.2. The van der Waals surface area contributed by atoms with Crippen LogP contribution in [0.1, 0.15) is 30.5 Å². The highest BCUT2D eigenvalue weighted by Crippen LogP contribution is 2.27. The highest BCUT2D eigenvalue weighted by atomic mass is 79.9. The van der Waals surface area contributed by atoms with Crippen LogP contribution in [0.4, 0.5) is 0 Å². The minimum Gasteiger partial charge on any atom is -0.370 e. The molecule has 1 unspecified atom stereocenters. The second-order valence-electron chi connectivity index (χ2n) is 3.37. The van der Waals surface area contributed by atoms with Crippen LogP contribution in [0.15, 0.2) is 4.47 Å². The average Bonchev–Trinajstić information content (AvgIpc) is 2.66. The molecule has 76 valence electrons. The van der Waals surface area contributed by atoms with Crippen molar-refractivity contribution >= 4 is 28.1 Å². The second kappa shape index (κ2) is 4.08. The molecule has 1 aliphatic rings. The van der Waals surface area contributed by atoms with Crippen LogP contribution in [0.2, 0.25) is 0 Å². The van der Waals surface area contributed by atoms with E-state index in [9.17, 15) is 0 Å². The van der Waals surface area contributed by atoms with Gasteiger partial charge in [-0.3, -0.25) is 0 Å². The largest absolute Gasteiger partial charge is 0.370 e. The first-order chi connectivity index (χ1) is 6.68. The first kappa shape index (κ1) is 10.3. The van der Waals surface area contributed by atoms with Crippen LogP contribution < -0.4 is 0 Å². The fourth-order valence-corrected chi connectivity index (χ4v) is 1.98. The molecule has 0 saturated carbocycles. The smallest absolute Gasteiger partial charge is 0.144 e. The second-order valence-corrected chi connectivity index (χ2v) is 4.55. The Morgan fingerprint density at radius 1 is 1.64 bits per heavy atom. The maximum Gasteiger partial charge on any atom is 0.144 e. The summed E-state index contributed by atoms with van der Waals surface area (Å²) in [6, 6.07) is 0. The fraction of sp³-hybridized carbons (Fsp3) is 0.556. The Balaban J connectivity index is 2.39. The molecule has 1 aromatic heterocycles. The summed E-state index contributed by atoms with van der Waals surface area (Å²) in [5.74, 6) is 0.855. The molecular weight excluding hydrogens is 264 g/mol. The lowest BCUT2D eigenvalue weighted by molar-refractivity contribution is 0.105. The molecule has 1 saturated heterocycles. The van der Waals surface area contributed by atoms with E-state index in [1.54, 1.807) is 0 Å². The molecule has 2 rings (SSSR count). The van der Waals surface area contributed by atoms with E-state index in [0.717, 1.165) is 35.4 Å². The number of hydrogen-bond donors (Lipinski definition) is 1. The molecule has 0 amide bonds. The number of halogens is 1. The summed E-state index contributed by atoms with van der Waals surface area (Å²) in [6.07, 6.45) is 2.23. The van der Waals surface area contributed by atoms with Gasteiger partial charge in [0.2, 0.25) is 0 Å². The Morgan fingerprint density at radius 3 is 3.00 bits per heavy atom. The Morgan fingerprint density at radius 2 is 2.43 bits per heavy atom. The molecule has 1 fully saturated rings. The summed E-state index contributed by atoms with van der Waals surface area (Å²) < 4.78 is 7.01. The number of hydrogen-bond acceptors (Lipinski definition) is 3. The van der Waals surface area contributed by atoms with Gasteiger partial charge in [0.05, 0.1) is 4.47 Å². The molecule has 5 heteroatoms. The third-order valence-electron chi connectivity index (χ3n) is 2.29. The summed E-state index contributed by atoms with van der Waals surface area (Å²) >= 11 is 8.51. The minimum absolute atomic E-state index is 0.100. The zero-order valence-corrected chi connectivity index (χ0v) is 10.2. The van der Waals surface area contributed by atoms with Crippen molar-refractivity contribution in [3.8, 4) is 0 Å². The summed E-state index contributed by atoms with van der Waals surface area (Å²) in [7, 11) is 0. The predicted molar refractivity (Wildman–Crippen MR) is 59.8 cm³/mol. The predicted octanol–water partition coefficient (Wildman–Crippen LogP) is 3.06. The topological polar surface area (TPSA) is 37.9 Å². The first-order valence-electron chi connectivity index (χ1n) is 4.56. The standard InChI is InChI=1S/C9H11BrN2OS/c1-5-7(10)9(14)12-8(11-5)6-3-2-4-13-6/h6H,2-4H2,1H3,(H,11,12,14). The molecule has 1 atom stereocenters. The molecule has 1 aliphatic heterocycles. The minimum atomic E-state index is 0.100. The van der Waals surface area contributed by atoms with Gasteiger partial charge in [0.1, 0.15) is 16.6 Å². The van der Waals surface area contributed by atoms with Gasteiger partial charge in [-0.05, 0) is 35.7 Å². The van der Waals surface area contributed by atoms with E-state index in [0.29, 0.717) is 4.64 Å². The zero-order chi connectivity index (χ0) is 10.1. The molecule has 0 aliphatic carbocycles. The summed E-state index contributed by atoms with van der Waals surface area (Å²) in [4.78, 5) is 7.51. The molecule has 0 aromatic carbocycles. The summed E-state index contributed by atoms with van der Waals surface area (Å²) in [5, 5.41) is 0. The summed E-state index contributed by atoms with van der Waals surface area (Å²) in [6.45, 7) is 2.79. The number of H-pyrrole nitrogens is 1. The normalized spacial score (nSPS) is 21.4. The summed E-state index contributed by atoms with van der Waals surface area (Å²) in [5.41, 5.74) is 1.01. The third kappa shape index (κ3) is 1.89. The number of nitrogens with one attached hydrogen (secondary N) is 1. The first-order valence-corrected chi connectivity index (χ1v) is 5.76. The molecule has 0 radical (unpaired) electrons. The highest BCUT2D eigenvalue weighted by Gasteiger charge is 2.20. The Kier molecular flexibility index (Phi) is 2.99. The average molecular weight is 275 g/mol. The molecule has 1 N–H and O–H groups in total. The zero-order valence-electron chi connectivity index (χ0n) is 7.84. The molecular formula is C9H11BrN2OS. The highest BCUT2D eigenvalue weighted by molar-refractivity contribution is 9.10. The van der Waals surface area contributed by atoms with Crippen molar-refractivity contribution in [3.05, 3.63) is 20.6 Å². The van der Waals surface area contributed by atoms with Crippen molar-refractivity contribution in [2.24, 2.45) is 0 Å². The number of nitrogens with zero attached hydrogens (tertiary/aromatic N) is 1. The van der Waals surface area contributed by atoms with Gasteiger partial charge < -0.3 is 9.72 Å². The fourth-order valence-electron chi connectivity index (χ4n) is 1.54. The number of aromatic amines is 1. The van der Waals surface area contributed by atoms with Gasteiger partial charge in [0, 0.05) is 12.3 Å². The Bertz CT molecular complexity index is 398. The molecule has 0 spiro atoms. The van der Waals surface area contributed by atoms with E-state index in [-0.39, 0.29) is 6.10 Å². The molecule has 2 heterocycles. The monoisotopic (exact) mass is 274 g/mol. The van der Waals surface area contributed by atoms with E-state index >= 15 is 0 Å². The maximum absolute atomic E-state index is 5.53. The van der Waals surface area contributed by atoms with E-state index in [1.807, 2.05) is 6.92 Å². The van der Waals surface area contributed by atoms with E-state index in [2.05, 4.69) is 25.9 Å². The van der Waals surface area contributed by atoms with Gasteiger partial charge in [-0.1, -0.05) is 12.2 Å². The van der Waals surface area contributed by atoms with Crippen LogP contribution in [0.25, 0.3) is 0 Å². The molecule has 1 aromatic rings. The maximum atomic E-state index is 5.53. The molecule has 14 heavy (non-hydrogen) atoms. The third-order valence-corrected chi connectivity index (χ3v) is 3.82. The van der Waals surface area contributed by atoms with Crippen molar-refractivity contribution in [2.75, 3.05) is 6.61 Å². The van der Waals surface area contributed by atoms with E-state index < -0.39 is 0 Å². The van der Waals surface area contributed by atoms with Gasteiger partial charge >= 0.3 is 0 Å². The van der Waals surface area contributed by atoms with Crippen molar-refractivity contribution in [1.82, 2.24) is 9.97 Å². The SMILES string of the molecule is Cc1[nH]c(C2CCCO2)nc(=S)c1Br. The lowest BCUT2D eigenvalue weighted by Crippen LogP contribution is -2.04. The van der Waals surface area contributed by atoms with Crippen LogP contribution in [0.5, 0.6) is 0 Å². The van der Waals surface area contributed by atoms with E-state index in [4.69, 9.17) is 17.0 Å². The number of aryl methyl sites for hydroxylation is 1. The van der Waals surface area contributed by atoms with Crippen LogP contribution >= 0.6 is 28.1 Å². The van der Waals surface area contributed by atoms with Gasteiger partial charge in [0.25, 0.3) is 0 Å². The van der Waals surface area contributed by atoms with Crippen molar-refractivity contribution in [3.63, 3.8) is 0 Å². The number of aromatic nitrogens is 2. The number of ether oxygens (including phenoxy) is 1.